The Labute approximate surface area is 119 Å². The van der Waals surface area contributed by atoms with Gasteiger partial charge < -0.3 is 4.74 Å². The molecule has 1 aromatic carbocycles. The van der Waals surface area contributed by atoms with Crippen LogP contribution in [-0.2, 0) is 0 Å². The van der Waals surface area contributed by atoms with Crippen LogP contribution in [0, 0.1) is 5.82 Å². The van der Waals surface area contributed by atoms with Crippen molar-refractivity contribution in [3.8, 4) is 27.7 Å². The number of hydrogen-bond donors (Lipinski definition) is 0. The minimum absolute atomic E-state index is 0.230. The molecule has 0 aliphatic carbocycles. The molecule has 0 radical (unpaired) electrons. The van der Waals surface area contributed by atoms with Crippen molar-refractivity contribution >= 4 is 11.3 Å². The van der Waals surface area contributed by atoms with E-state index in [1.165, 1.54) is 24.5 Å². The van der Waals surface area contributed by atoms with Gasteiger partial charge in [-0.1, -0.05) is 6.07 Å². The zero-order valence-electron chi connectivity index (χ0n) is 10.7. The number of rotatable bonds is 3. The van der Waals surface area contributed by atoms with E-state index in [9.17, 15) is 4.39 Å². The van der Waals surface area contributed by atoms with Gasteiger partial charge in [-0.15, -0.1) is 11.3 Å². The number of benzene rings is 1. The summed E-state index contributed by atoms with van der Waals surface area (Å²) >= 11 is 1.49. The van der Waals surface area contributed by atoms with Crippen LogP contribution in [0.1, 0.15) is 0 Å². The van der Waals surface area contributed by atoms with E-state index >= 15 is 0 Å². The molecule has 0 spiro atoms. The fraction of sp³-hybridized carbons (Fsp3) is 0.0667. The number of halogens is 1. The molecule has 0 saturated heterocycles. The molecule has 3 aromatic rings. The van der Waals surface area contributed by atoms with Gasteiger partial charge in [0.15, 0.2) is 11.6 Å². The maximum atomic E-state index is 13.7. The van der Waals surface area contributed by atoms with Gasteiger partial charge in [0.05, 0.1) is 18.5 Å². The first-order valence-electron chi connectivity index (χ1n) is 5.99. The summed E-state index contributed by atoms with van der Waals surface area (Å²) in [5.41, 5.74) is 2.27. The summed E-state index contributed by atoms with van der Waals surface area (Å²) in [4.78, 5) is 8.75. The van der Waals surface area contributed by atoms with Crippen LogP contribution in [-0.4, -0.2) is 17.1 Å². The fourth-order valence-corrected chi connectivity index (χ4v) is 2.64. The quantitative estimate of drug-likeness (QED) is 0.729. The maximum Gasteiger partial charge on any atom is 0.165 e. The molecule has 2 aromatic heterocycles. The van der Waals surface area contributed by atoms with Crippen molar-refractivity contribution in [2.45, 2.75) is 0 Å². The molecule has 0 N–H and O–H groups in total. The predicted octanol–water partition coefficient (Wildman–Crippen LogP) is 4.02. The molecule has 0 fully saturated rings. The van der Waals surface area contributed by atoms with Crippen LogP contribution in [0.2, 0.25) is 0 Å². The summed E-state index contributed by atoms with van der Waals surface area (Å²) in [5, 5.41) is 2.71. The summed E-state index contributed by atoms with van der Waals surface area (Å²) in [6.45, 7) is 0. The van der Waals surface area contributed by atoms with Crippen molar-refractivity contribution in [2.75, 3.05) is 7.11 Å². The second-order valence-electron chi connectivity index (χ2n) is 4.10. The largest absolute Gasteiger partial charge is 0.494 e. The Morgan fingerprint density at radius 3 is 2.75 bits per heavy atom. The van der Waals surface area contributed by atoms with Crippen LogP contribution in [0.25, 0.3) is 22.0 Å². The molecule has 100 valence electrons. The summed E-state index contributed by atoms with van der Waals surface area (Å²) < 4.78 is 18.6. The first-order valence-corrected chi connectivity index (χ1v) is 6.87. The third-order valence-electron chi connectivity index (χ3n) is 2.84. The highest BCUT2D eigenvalue weighted by molar-refractivity contribution is 7.13. The van der Waals surface area contributed by atoms with Crippen LogP contribution in [0.15, 0.2) is 48.0 Å². The van der Waals surface area contributed by atoms with Gasteiger partial charge in [-0.3, -0.25) is 4.98 Å². The van der Waals surface area contributed by atoms with Crippen molar-refractivity contribution in [1.82, 2.24) is 9.97 Å². The van der Waals surface area contributed by atoms with Gasteiger partial charge >= 0.3 is 0 Å². The summed E-state index contributed by atoms with van der Waals surface area (Å²) in [6, 6.07) is 10.5. The third kappa shape index (κ3) is 2.40. The Kier molecular flexibility index (Phi) is 3.43. The highest BCUT2D eigenvalue weighted by Crippen LogP contribution is 2.29. The molecule has 2 heterocycles. The minimum Gasteiger partial charge on any atom is -0.494 e. The first kappa shape index (κ1) is 12.7. The third-order valence-corrected chi connectivity index (χ3v) is 3.70. The molecule has 0 aliphatic heterocycles. The standard InChI is InChI=1S/C15H11FN2OS/c1-19-14-6-5-10(8-11(14)16)13-9-20-15(18-13)12-4-2-3-7-17-12/h2-9H,1H3. The number of aromatic nitrogens is 2. The normalized spacial score (nSPS) is 10.5. The maximum absolute atomic E-state index is 13.7. The van der Waals surface area contributed by atoms with Crippen molar-refractivity contribution in [3.05, 3.63) is 53.8 Å². The van der Waals surface area contributed by atoms with E-state index in [1.54, 1.807) is 18.3 Å². The van der Waals surface area contributed by atoms with Gasteiger partial charge in [0.25, 0.3) is 0 Å². The number of hydrogen-bond acceptors (Lipinski definition) is 4. The van der Waals surface area contributed by atoms with Crippen molar-refractivity contribution in [2.24, 2.45) is 0 Å². The molecule has 5 heteroatoms. The smallest absolute Gasteiger partial charge is 0.165 e. The lowest BCUT2D eigenvalue weighted by Gasteiger charge is -2.03. The lowest BCUT2D eigenvalue weighted by Crippen LogP contribution is -1.89. The second kappa shape index (κ2) is 5.38. The molecule has 0 atom stereocenters. The van der Waals surface area contributed by atoms with Gasteiger partial charge in [0.2, 0.25) is 0 Å². The van der Waals surface area contributed by atoms with E-state index < -0.39 is 5.82 Å². The van der Waals surface area contributed by atoms with Crippen molar-refractivity contribution in [1.29, 1.82) is 0 Å². The van der Waals surface area contributed by atoms with E-state index in [-0.39, 0.29) is 5.75 Å². The zero-order valence-corrected chi connectivity index (χ0v) is 11.5. The zero-order chi connectivity index (χ0) is 13.9. The van der Waals surface area contributed by atoms with E-state index in [0.717, 1.165) is 22.0 Å². The Balaban J connectivity index is 1.96. The first-order chi connectivity index (χ1) is 9.78. The second-order valence-corrected chi connectivity index (χ2v) is 4.96. The van der Waals surface area contributed by atoms with E-state index in [4.69, 9.17) is 4.74 Å². The van der Waals surface area contributed by atoms with Crippen LogP contribution >= 0.6 is 11.3 Å². The predicted molar refractivity (Wildman–Crippen MR) is 77.3 cm³/mol. The highest BCUT2D eigenvalue weighted by Gasteiger charge is 2.10. The van der Waals surface area contributed by atoms with Crippen molar-refractivity contribution < 1.29 is 9.13 Å². The highest BCUT2D eigenvalue weighted by atomic mass is 32.1. The number of pyridine rings is 1. The fourth-order valence-electron chi connectivity index (χ4n) is 1.84. The molecule has 0 saturated carbocycles. The molecule has 0 bridgehead atoms. The summed E-state index contributed by atoms with van der Waals surface area (Å²) in [5.74, 6) is -0.161. The van der Waals surface area contributed by atoms with Crippen molar-refractivity contribution in [3.63, 3.8) is 0 Å². The average Bonchev–Trinajstić information content (AvgIpc) is 2.98. The topological polar surface area (TPSA) is 35.0 Å². The Morgan fingerprint density at radius 1 is 1.15 bits per heavy atom. The molecular weight excluding hydrogens is 275 g/mol. The SMILES string of the molecule is COc1ccc(-c2csc(-c3ccccn3)n2)cc1F. The number of thiazole rings is 1. The average molecular weight is 286 g/mol. The lowest BCUT2D eigenvalue weighted by atomic mass is 10.1. The minimum atomic E-state index is -0.391. The number of ether oxygens (including phenoxy) is 1. The Hall–Kier alpha value is -2.27. The number of nitrogens with zero attached hydrogens (tertiary/aromatic N) is 2. The van der Waals surface area contributed by atoms with Gasteiger partial charge in [-0.05, 0) is 30.3 Å². The van der Waals surface area contributed by atoms with Crippen LogP contribution in [0.5, 0.6) is 5.75 Å². The number of methoxy groups -OCH3 is 1. The van der Waals surface area contributed by atoms with Gasteiger partial charge in [-0.2, -0.15) is 0 Å². The molecule has 3 rings (SSSR count). The van der Waals surface area contributed by atoms with Gasteiger partial charge in [0, 0.05) is 17.1 Å². The van der Waals surface area contributed by atoms with E-state index in [1.807, 2.05) is 23.6 Å². The molecule has 20 heavy (non-hydrogen) atoms. The lowest BCUT2D eigenvalue weighted by molar-refractivity contribution is 0.386. The molecule has 0 amide bonds. The summed E-state index contributed by atoms with van der Waals surface area (Å²) in [6.07, 6.45) is 1.73. The van der Waals surface area contributed by atoms with Gasteiger partial charge in [-0.25, -0.2) is 9.37 Å². The van der Waals surface area contributed by atoms with E-state index in [0.29, 0.717) is 0 Å². The van der Waals surface area contributed by atoms with Crippen LogP contribution in [0.4, 0.5) is 4.39 Å². The Morgan fingerprint density at radius 2 is 2.05 bits per heavy atom. The molecular formula is C15H11FN2OS. The van der Waals surface area contributed by atoms with Crippen LogP contribution in [0.3, 0.4) is 0 Å². The van der Waals surface area contributed by atoms with Crippen LogP contribution < -0.4 is 4.74 Å². The molecule has 3 nitrogen and oxygen atoms in total. The van der Waals surface area contributed by atoms with E-state index in [2.05, 4.69) is 9.97 Å². The van der Waals surface area contributed by atoms with Gasteiger partial charge in [0.1, 0.15) is 5.01 Å². The molecule has 0 unspecified atom stereocenters. The Bertz CT molecular complexity index is 728. The monoisotopic (exact) mass is 286 g/mol. The summed E-state index contributed by atoms with van der Waals surface area (Å²) in [7, 11) is 1.44. The molecule has 0 aliphatic rings.